The number of amides is 2. The first kappa shape index (κ1) is 56.3. The Morgan fingerprint density at radius 2 is 0.988 bits per heavy atom. The Morgan fingerprint density at radius 3 is 1.34 bits per heavy atom. The molecular formula is C63H58ClF2N3O11. The van der Waals surface area contributed by atoms with Crippen molar-refractivity contribution in [1.82, 2.24) is 10.6 Å². The van der Waals surface area contributed by atoms with E-state index in [0.717, 1.165) is 36.7 Å². The summed E-state index contributed by atoms with van der Waals surface area (Å²) in [6, 6.07) is 31.8. The van der Waals surface area contributed by atoms with Crippen molar-refractivity contribution >= 4 is 69.9 Å². The molecule has 2 amide bonds. The van der Waals surface area contributed by atoms with Crippen LogP contribution in [0.3, 0.4) is 0 Å². The van der Waals surface area contributed by atoms with Gasteiger partial charge in [0, 0.05) is 53.5 Å². The van der Waals surface area contributed by atoms with Crippen LogP contribution >= 0.6 is 12.4 Å². The number of benzene rings is 6. The van der Waals surface area contributed by atoms with Gasteiger partial charge in [0.15, 0.2) is 5.78 Å². The number of nitrogens with two attached hydrogens (primary N) is 1. The first-order valence-electron chi connectivity index (χ1n) is 25.9. The van der Waals surface area contributed by atoms with Gasteiger partial charge >= 0.3 is 17.9 Å². The van der Waals surface area contributed by atoms with Gasteiger partial charge in [0.25, 0.3) is 11.8 Å². The van der Waals surface area contributed by atoms with Gasteiger partial charge in [-0.3, -0.25) is 24.0 Å². The summed E-state index contributed by atoms with van der Waals surface area (Å²) in [5, 5.41) is 15.7. The second-order valence-electron chi connectivity index (χ2n) is 21.2. The molecule has 8 aromatic rings. The maximum absolute atomic E-state index is 13.6. The Bertz CT molecular complexity index is 3720. The highest BCUT2D eigenvalue weighted by molar-refractivity contribution is 6.13. The summed E-state index contributed by atoms with van der Waals surface area (Å²) < 4.78 is 49.0. The normalized spacial score (nSPS) is 18.6. The predicted octanol–water partition coefficient (Wildman–Crippen LogP) is 12.0. The molecule has 0 atom stereocenters. The number of ether oxygens (including phenoxy) is 2. The fourth-order valence-corrected chi connectivity index (χ4v) is 11.5. The highest BCUT2D eigenvalue weighted by Gasteiger charge is 2.57. The van der Waals surface area contributed by atoms with Crippen molar-refractivity contribution in [3.8, 4) is 44.9 Å². The van der Waals surface area contributed by atoms with Gasteiger partial charge in [0.2, 0.25) is 0 Å². The number of Topliss-reactive ketones (excluding diaryl/α,β-unsaturated/α-hetero) is 1. The van der Waals surface area contributed by atoms with Gasteiger partial charge in [-0.2, -0.15) is 0 Å². The lowest BCUT2D eigenvalue weighted by Gasteiger charge is -2.62. The minimum absolute atomic E-state index is 0. The Morgan fingerprint density at radius 1 is 0.588 bits per heavy atom. The maximum atomic E-state index is 13.6. The number of halogens is 3. The fourth-order valence-electron chi connectivity index (χ4n) is 11.5. The molecule has 2 aromatic heterocycles. The number of carboxylic acids is 1. The number of carboxylic acid groups (broad SMARTS) is 1. The third-order valence-corrected chi connectivity index (χ3v) is 15.8. The number of nitrogens with one attached hydrogen (secondary N) is 2. The van der Waals surface area contributed by atoms with E-state index in [0.29, 0.717) is 89.7 Å². The van der Waals surface area contributed by atoms with Crippen LogP contribution in [0.5, 0.6) is 0 Å². The van der Waals surface area contributed by atoms with E-state index in [1.165, 1.54) is 96.1 Å². The van der Waals surface area contributed by atoms with Gasteiger partial charge < -0.3 is 39.8 Å². The Hall–Kier alpha value is -8.47. The van der Waals surface area contributed by atoms with E-state index in [1.807, 2.05) is 30.3 Å². The lowest BCUT2D eigenvalue weighted by atomic mass is 9.43. The number of furan rings is 2. The Balaban J connectivity index is 0.000000174. The lowest BCUT2D eigenvalue weighted by molar-refractivity contribution is -0.140. The zero-order chi connectivity index (χ0) is 55.9. The quantitative estimate of drug-likeness (QED) is 0.0591. The van der Waals surface area contributed by atoms with Crippen LogP contribution in [-0.2, 0) is 31.9 Å². The van der Waals surface area contributed by atoms with Crippen molar-refractivity contribution in [3.63, 3.8) is 0 Å². The monoisotopic (exact) mass is 1110 g/mol. The molecule has 0 unspecified atom stereocenters. The van der Waals surface area contributed by atoms with E-state index in [2.05, 4.69) is 10.6 Å². The summed E-state index contributed by atoms with van der Waals surface area (Å²) in [4.78, 5) is 75.1. The molecule has 6 fully saturated rings. The topological polar surface area (TPSA) is 217 Å². The molecule has 412 valence electrons. The van der Waals surface area contributed by atoms with E-state index >= 15 is 0 Å². The van der Waals surface area contributed by atoms with Gasteiger partial charge in [-0.25, -0.2) is 13.6 Å². The van der Waals surface area contributed by atoms with Crippen LogP contribution in [0.1, 0.15) is 97.5 Å². The van der Waals surface area contributed by atoms with Gasteiger partial charge in [-0.05, 0) is 180 Å². The standard InChI is InChI=1S/C32H28FNO5.C26H20FNO6.C5H9N.ClH/c1-34-31(37)29-25-13-24(20-4-3-5-21(10-20)26(35)17-32-14-18(15-32)16-32)22(12-28(36)38-2)11-27(25)39-30(29)19-6-8-23(33)9-7-19;1-28-25(30)23-20-13-19(15-4-3-5-16(10-15)26(31)32)17(12-22(29)33-2)11-21(20)34-24(23)14-6-8-18(27)9-7-14;6-5-1-4(2-5)3-5;/h3-11,13,18H,12,14-17H2,1-2H3,(H,34,37);3-11,13H,12H2,1-2H3,(H,28,30)(H,31,32);4H,1-3,6H2;1H. The largest absolute Gasteiger partial charge is 0.478 e. The van der Waals surface area contributed by atoms with E-state index in [4.69, 9.17) is 24.0 Å². The second-order valence-corrected chi connectivity index (χ2v) is 21.2. The highest BCUT2D eigenvalue weighted by Crippen LogP contribution is 2.66. The third kappa shape index (κ3) is 11.2. The zero-order valence-electron chi connectivity index (χ0n) is 44.3. The second kappa shape index (κ2) is 22.7. The Labute approximate surface area is 465 Å². The molecular weight excluding hydrogens is 1050 g/mol. The van der Waals surface area contributed by atoms with Gasteiger partial charge in [-0.1, -0.05) is 30.3 Å². The summed E-state index contributed by atoms with van der Waals surface area (Å²) in [6.45, 7) is 0. The predicted molar refractivity (Wildman–Crippen MR) is 299 cm³/mol. The number of fused-ring (bicyclic) bond motifs is 2. The van der Waals surface area contributed by atoms with Crippen LogP contribution in [0.15, 0.2) is 130 Å². The summed E-state index contributed by atoms with van der Waals surface area (Å²) >= 11 is 0. The van der Waals surface area contributed by atoms with Crippen LogP contribution in [0.25, 0.3) is 66.8 Å². The van der Waals surface area contributed by atoms with Crippen molar-refractivity contribution < 1.29 is 61.0 Å². The van der Waals surface area contributed by atoms with Gasteiger partial charge in [0.05, 0.1) is 43.8 Å². The molecule has 4 bridgehead atoms. The number of rotatable bonds is 14. The smallest absolute Gasteiger partial charge is 0.335 e. The van der Waals surface area contributed by atoms with Crippen LogP contribution in [0.2, 0.25) is 0 Å². The van der Waals surface area contributed by atoms with Crippen LogP contribution in [-0.4, -0.2) is 74.5 Å². The number of aromatic carboxylic acids is 1. The molecule has 5 N–H and O–H groups in total. The minimum Gasteiger partial charge on any atom is -0.478 e. The molecule has 14 nitrogen and oxygen atoms in total. The van der Waals surface area contributed by atoms with Crippen molar-refractivity contribution in [2.75, 3.05) is 28.3 Å². The maximum Gasteiger partial charge on any atom is 0.335 e. The molecule has 0 saturated heterocycles. The van der Waals surface area contributed by atoms with Gasteiger partial charge in [0.1, 0.15) is 34.3 Å². The zero-order valence-corrected chi connectivity index (χ0v) is 45.2. The summed E-state index contributed by atoms with van der Waals surface area (Å²) in [7, 11) is 5.62. The highest BCUT2D eigenvalue weighted by atomic mass is 35.5. The number of methoxy groups -OCH3 is 2. The molecule has 17 heteroatoms. The van der Waals surface area contributed by atoms with Crippen molar-refractivity contribution in [2.24, 2.45) is 23.0 Å². The molecule has 0 aliphatic heterocycles. The minimum atomic E-state index is -1.09. The molecule has 6 saturated carbocycles. The Kier molecular flexibility index (Phi) is 16.0. The van der Waals surface area contributed by atoms with E-state index in [1.54, 1.807) is 42.5 Å². The van der Waals surface area contributed by atoms with Gasteiger partial charge in [-0.15, -0.1) is 12.4 Å². The average molecular weight is 1110 g/mol. The number of carbonyl (C=O) groups excluding carboxylic acids is 5. The lowest BCUT2D eigenvalue weighted by Crippen LogP contribution is -2.64. The SMILES string of the molecule is CNC(=O)c1c(-c2ccc(F)cc2)oc2cc(CC(=O)OC)c(-c3cccc(C(=O)CC45CC(C4)C5)c3)cc12.CNC(=O)c1c(-c2ccc(F)cc2)oc2cc(CC(=O)OC)c(-c3cccc(C(=O)O)c3)cc12.Cl.NC12CC(C1)C2. The van der Waals surface area contributed by atoms with E-state index in [-0.39, 0.29) is 59.2 Å². The van der Waals surface area contributed by atoms with E-state index < -0.39 is 35.4 Å². The van der Waals surface area contributed by atoms with Crippen molar-refractivity contribution in [3.05, 3.63) is 166 Å². The first-order valence-corrected chi connectivity index (χ1v) is 25.9. The fraction of sp³-hybridized carbons (Fsp3) is 0.270. The van der Waals surface area contributed by atoms with Crippen molar-refractivity contribution in [2.45, 2.75) is 63.3 Å². The number of carbonyl (C=O) groups is 6. The summed E-state index contributed by atoms with van der Waals surface area (Å²) in [5.74, 6) is -1.09. The van der Waals surface area contributed by atoms with Crippen molar-refractivity contribution in [1.29, 1.82) is 0 Å². The molecule has 6 aliphatic rings. The van der Waals surface area contributed by atoms with Crippen LogP contribution in [0, 0.1) is 28.9 Å². The van der Waals surface area contributed by atoms with E-state index in [9.17, 15) is 42.7 Å². The van der Waals surface area contributed by atoms with Crippen LogP contribution in [0.4, 0.5) is 8.78 Å². The average Bonchev–Trinajstić information content (AvgIpc) is 4.11. The van der Waals surface area contributed by atoms with Crippen LogP contribution < -0.4 is 16.4 Å². The molecule has 6 aliphatic carbocycles. The molecule has 0 spiro atoms. The number of hydrogen-bond acceptors (Lipinski definition) is 11. The number of hydrogen-bond donors (Lipinski definition) is 4. The third-order valence-electron chi connectivity index (χ3n) is 15.8. The molecule has 2 heterocycles. The molecule has 80 heavy (non-hydrogen) atoms. The molecule has 14 rings (SSSR count). The number of ketones is 1. The molecule has 0 radical (unpaired) electrons. The summed E-state index contributed by atoms with van der Waals surface area (Å²) in [6.07, 6.45) is 7.87. The number of esters is 2. The first-order chi connectivity index (χ1) is 37.9. The summed E-state index contributed by atoms with van der Waals surface area (Å²) in [5.41, 5.74) is 13.0. The molecule has 6 aromatic carbocycles.